The molecule has 0 radical (unpaired) electrons. The Morgan fingerprint density at radius 3 is 2.33 bits per heavy atom. The van der Waals surface area contributed by atoms with E-state index in [2.05, 4.69) is 0 Å². The van der Waals surface area contributed by atoms with Gasteiger partial charge in [0.25, 0.3) is 5.91 Å². The van der Waals surface area contributed by atoms with Gasteiger partial charge in [0.05, 0.1) is 6.54 Å². The minimum absolute atomic E-state index is 0.00191. The highest BCUT2D eigenvalue weighted by Gasteiger charge is 2.29. The lowest BCUT2D eigenvalue weighted by molar-refractivity contribution is 0.0660. The molecule has 1 aliphatic carbocycles. The molecule has 0 atom stereocenters. The van der Waals surface area contributed by atoms with E-state index in [9.17, 15) is 13.6 Å². The average molecular weight is 330 g/mol. The first-order valence-electron chi connectivity index (χ1n) is 8.15. The minimum atomic E-state index is -0.627. The summed E-state index contributed by atoms with van der Waals surface area (Å²) in [5.74, 6) is -1.49. The van der Waals surface area contributed by atoms with Crippen molar-refractivity contribution in [1.82, 2.24) is 4.90 Å². The van der Waals surface area contributed by atoms with Crippen molar-refractivity contribution in [3.05, 3.63) is 65.2 Å². The first-order chi connectivity index (χ1) is 11.6. The Balaban J connectivity index is 1.93. The normalized spacial score (nSPS) is 14.8. The molecule has 3 rings (SSSR count). The third-order valence-electron chi connectivity index (χ3n) is 4.55. The molecule has 1 saturated carbocycles. The van der Waals surface area contributed by atoms with Gasteiger partial charge in [-0.1, -0.05) is 25.0 Å². The summed E-state index contributed by atoms with van der Waals surface area (Å²) in [4.78, 5) is 14.5. The van der Waals surface area contributed by atoms with Crippen LogP contribution in [-0.2, 0) is 6.54 Å². The molecule has 0 spiro atoms. The minimum Gasteiger partial charge on any atom is -0.399 e. The van der Waals surface area contributed by atoms with Crippen LogP contribution in [0.5, 0.6) is 0 Å². The molecule has 2 aromatic rings. The Morgan fingerprint density at radius 2 is 1.71 bits per heavy atom. The molecule has 1 fully saturated rings. The lowest BCUT2D eigenvalue weighted by Crippen LogP contribution is -2.38. The molecular weight excluding hydrogens is 310 g/mol. The molecule has 2 aromatic carbocycles. The molecule has 2 N–H and O–H groups in total. The van der Waals surface area contributed by atoms with Crippen molar-refractivity contribution in [3.8, 4) is 0 Å². The van der Waals surface area contributed by atoms with Gasteiger partial charge < -0.3 is 10.6 Å². The molecule has 24 heavy (non-hydrogen) atoms. The van der Waals surface area contributed by atoms with Crippen LogP contribution < -0.4 is 5.73 Å². The molecule has 5 heteroatoms. The highest BCUT2D eigenvalue weighted by molar-refractivity contribution is 5.95. The van der Waals surface area contributed by atoms with E-state index in [1.807, 2.05) is 0 Å². The van der Waals surface area contributed by atoms with Crippen LogP contribution >= 0.6 is 0 Å². The summed E-state index contributed by atoms with van der Waals surface area (Å²) in [6.07, 6.45) is 3.74. The number of carbonyl (C=O) groups is 1. The Bertz CT molecular complexity index is 722. The van der Waals surface area contributed by atoms with Crippen LogP contribution in [0, 0.1) is 11.6 Å². The Labute approximate surface area is 140 Å². The summed E-state index contributed by atoms with van der Waals surface area (Å²) in [7, 11) is 0. The van der Waals surface area contributed by atoms with Gasteiger partial charge in [-0.3, -0.25) is 4.79 Å². The molecular formula is C19H20F2N2O. The number of hydrogen-bond acceptors (Lipinski definition) is 2. The number of benzene rings is 2. The van der Waals surface area contributed by atoms with Gasteiger partial charge in [-0.2, -0.15) is 0 Å². The quantitative estimate of drug-likeness (QED) is 0.857. The molecule has 1 amide bonds. The second-order valence-electron chi connectivity index (χ2n) is 6.20. The summed E-state index contributed by atoms with van der Waals surface area (Å²) in [6.45, 7) is -0.0726. The molecule has 0 heterocycles. The van der Waals surface area contributed by atoms with Crippen LogP contribution in [-0.4, -0.2) is 16.8 Å². The number of nitrogens with two attached hydrogens (primary N) is 1. The van der Waals surface area contributed by atoms with E-state index in [-0.39, 0.29) is 24.1 Å². The van der Waals surface area contributed by atoms with Gasteiger partial charge in [0.1, 0.15) is 11.6 Å². The van der Waals surface area contributed by atoms with Gasteiger partial charge in [0, 0.05) is 22.9 Å². The number of nitrogen functional groups attached to an aromatic ring is 1. The smallest absolute Gasteiger partial charge is 0.254 e. The van der Waals surface area contributed by atoms with Crippen LogP contribution in [0.2, 0.25) is 0 Å². The fourth-order valence-corrected chi connectivity index (χ4v) is 3.27. The largest absolute Gasteiger partial charge is 0.399 e. The summed E-state index contributed by atoms with van der Waals surface area (Å²) in [5, 5.41) is 0. The standard InChI is InChI=1S/C19H20F2N2O/c20-17-9-4-10-18(21)16(17)12-23(15-7-1-2-8-15)19(24)13-5-3-6-14(22)11-13/h3-6,9-11,15H,1-2,7-8,12,22H2. The van der Waals surface area contributed by atoms with Crippen LogP contribution in [0.15, 0.2) is 42.5 Å². The molecule has 0 aromatic heterocycles. The monoisotopic (exact) mass is 330 g/mol. The molecule has 0 bridgehead atoms. The topological polar surface area (TPSA) is 46.3 Å². The third kappa shape index (κ3) is 3.40. The van der Waals surface area contributed by atoms with Gasteiger partial charge in [0.2, 0.25) is 0 Å². The molecule has 0 aliphatic heterocycles. The van der Waals surface area contributed by atoms with E-state index in [1.54, 1.807) is 29.2 Å². The first-order valence-corrected chi connectivity index (χ1v) is 8.15. The van der Waals surface area contributed by atoms with Gasteiger partial charge in [-0.05, 0) is 43.2 Å². The maximum atomic E-state index is 14.0. The molecule has 126 valence electrons. The van der Waals surface area contributed by atoms with Crippen LogP contribution in [0.1, 0.15) is 41.6 Å². The fourth-order valence-electron chi connectivity index (χ4n) is 3.27. The number of hydrogen-bond donors (Lipinski definition) is 1. The summed E-state index contributed by atoms with van der Waals surface area (Å²) < 4.78 is 28.1. The van der Waals surface area contributed by atoms with Crippen molar-refractivity contribution >= 4 is 11.6 Å². The summed E-state index contributed by atoms with van der Waals surface area (Å²) >= 11 is 0. The first kappa shape index (κ1) is 16.4. The summed E-state index contributed by atoms with van der Waals surface area (Å²) in [5.41, 5.74) is 6.63. The highest BCUT2D eigenvalue weighted by Crippen LogP contribution is 2.28. The average Bonchev–Trinajstić information content (AvgIpc) is 3.08. The maximum Gasteiger partial charge on any atom is 0.254 e. The van der Waals surface area contributed by atoms with E-state index in [4.69, 9.17) is 5.73 Å². The van der Waals surface area contributed by atoms with E-state index < -0.39 is 11.6 Å². The van der Waals surface area contributed by atoms with Gasteiger partial charge in [-0.15, -0.1) is 0 Å². The number of anilines is 1. The van der Waals surface area contributed by atoms with Gasteiger partial charge >= 0.3 is 0 Å². The van der Waals surface area contributed by atoms with Crippen molar-refractivity contribution in [2.45, 2.75) is 38.3 Å². The lowest BCUT2D eigenvalue weighted by Gasteiger charge is -2.29. The van der Waals surface area contributed by atoms with Crippen molar-refractivity contribution in [2.75, 3.05) is 5.73 Å². The molecule has 3 nitrogen and oxygen atoms in total. The SMILES string of the molecule is Nc1cccc(C(=O)N(Cc2c(F)cccc2F)C2CCCC2)c1. The zero-order valence-electron chi connectivity index (χ0n) is 13.3. The molecule has 1 aliphatic rings. The van der Waals surface area contributed by atoms with E-state index in [1.165, 1.54) is 18.2 Å². The Hall–Kier alpha value is -2.43. The third-order valence-corrected chi connectivity index (χ3v) is 4.55. The van der Waals surface area contributed by atoms with Gasteiger partial charge in [0.15, 0.2) is 0 Å². The Kier molecular flexibility index (Phi) is 4.79. The van der Waals surface area contributed by atoms with Crippen LogP contribution in [0.4, 0.5) is 14.5 Å². The summed E-state index contributed by atoms with van der Waals surface area (Å²) in [6, 6.07) is 10.4. The van der Waals surface area contributed by atoms with Crippen LogP contribution in [0.25, 0.3) is 0 Å². The molecule has 0 unspecified atom stereocenters. The van der Waals surface area contributed by atoms with E-state index in [0.717, 1.165) is 25.7 Å². The van der Waals surface area contributed by atoms with Crippen molar-refractivity contribution in [1.29, 1.82) is 0 Å². The maximum absolute atomic E-state index is 14.0. The highest BCUT2D eigenvalue weighted by atomic mass is 19.1. The second kappa shape index (κ2) is 6.99. The predicted octanol–water partition coefficient (Wildman–Crippen LogP) is 4.13. The zero-order chi connectivity index (χ0) is 17.1. The van der Waals surface area contributed by atoms with Gasteiger partial charge in [-0.25, -0.2) is 8.78 Å². The van der Waals surface area contributed by atoms with Crippen molar-refractivity contribution in [2.24, 2.45) is 0 Å². The number of amides is 1. The van der Waals surface area contributed by atoms with Crippen LogP contribution in [0.3, 0.4) is 0 Å². The molecule has 0 saturated heterocycles. The number of rotatable bonds is 4. The predicted molar refractivity (Wildman–Crippen MR) is 89.3 cm³/mol. The van der Waals surface area contributed by atoms with Crippen molar-refractivity contribution < 1.29 is 13.6 Å². The van der Waals surface area contributed by atoms with E-state index >= 15 is 0 Å². The number of halogens is 2. The fraction of sp³-hybridized carbons (Fsp3) is 0.316. The van der Waals surface area contributed by atoms with E-state index in [0.29, 0.717) is 11.3 Å². The lowest BCUT2D eigenvalue weighted by atomic mass is 10.1. The zero-order valence-corrected chi connectivity index (χ0v) is 13.3. The second-order valence-corrected chi connectivity index (χ2v) is 6.20. The van der Waals surface area contributed by atoms with Crippen molar-refractivity contribution in [3.63, 3.8) is 0 Å². The Morgan fingerprint density at radius 1 is 1.08 bits per heavy atom. The number of carbonyl (C=O) groups excluding carboxylic acids is 1. The number of nitrogens with zero attached hydrogens (tertiary/aromatic N) is 1.